The fourth-order valence-corrected chi connectivity index (χ4v) is 7.70. The molecule has 9 N–H and O–H groups in total. The Morgan fingerprint density at radius 2 is 0.449 bits per heavy atom. The quantitative estimate of drug-likeness (QED) is 0.0172. The first kappa shape index (κ1) is 61.5. The van der Waals surface area contributed by atoms with Gasteiger partial charge in [-0.3, -0.25) is 28.8 Å². The van der Waals surface area contributed by atoms with Crippen molar-refractivity contribution >= 4 is 34.7 Å². The number of ketones is 6. The van der Waals surface area contributed by atoms with E-state index in [1.165, 1.54) is 75.9 Å². The van der Waals surface area contributed by atoms with Crippen LogP contribution in [0.3, 0.4) is 0 Å². The summed E-state index contributed by atoms with van der Waals surface area (Å²) in [5.41, 5.74) is 4.70. The van der Waals surface area contributed by atoms with Gasteiger partial charge in [-0.05, 0) is 145 Å². The van der Waals surface area contributed by atoms with Crippen LogP contribution in [-0.2, 0) is 67.3 Å². The molecule has 0 fully saturated rings. The maximum absolute atomic E-state index is 12.1. The van der Waals surface area contributed by atoms with Crippen molar-refractivity contribution < 1.29 is 88.9 Å². The number of hydrogen-bond acceptors (Lipinski definition) is 18. The molecule has 0 heterocycles. The van der Waals surface area contributed by atoms with Crippen LogP contribution in [0.1, 0.15) is 91.2 Å². The maximum atomic E-state index is 12.1. The van der Waals surface area contributed by atoms with Gasteiger partial charge in [-0.15, -0.1) is 0 Å². The van der Waals surface area contributed by atoms with Crippen LogP contribution >= 0.6 is 0 Å². The number of methoxy groups -OCH3 is 3. The van der Waals surface area contributed by atoms with Crippen molar-refractivity contribution in [2.75, 3.05) is 21.3 Å². The van der Waals surface area contributed by atoms with Gasteiger partial charge in [0.1, 0.15) is 34.7 Å². The standard InChI is InChI=1S/C21H24O6.C20H22O6.C19H20O6/c1-26-20-11-14(5-9-18(20)24)3-7-16(22)13-17(23)8-4-15-6-10-19(25)21(12-15)27-2;1-26-20-11-14(5-9-18(20)24)3-7-16(22)12-15(21)6-2-13-4-8-17(23)19(25)10-13;20-14(5-1-12-3-7-16(22)18(24)9-12)11-15(21)6-2-13-4-8-17(23)19(25)10-13/h5-6,9-12,24-25H,3-4,7-8,13H2,1-2H3;4-5,8-11,23-25H,2-3,6-7,12H2,1H3;3-4,7-10,22-25H,1-2,5-6,11H2. The number of carbonyl (C=O) groups excluding carboxylic acids is 6. The van der Waals surface area contributed by atoms with Crippen LogP contribution in [0.25, 0.3) is 0 Å². The van der Waals surface area contributed by atoms with Crippen LogP contribution in [0.2, 0.25) is 0 Å². The second kappa shape index (κ2) is 31.1. The molecule has 414 valence electrons. The molecule has 0 aliphatic heterocycles. The Kier molecular flexibility index (Phi) is 24.5. The normalized spacial score (nSPS) is 10.5. The lowest BCUT2D eigenvalue weighted by molar-refractivity contribution is -0.128. The summed E-state index contributed by atoms with van der Waals surface area (Å²) in [6.45, 7) is 0. The third kappa shape index (κ3) is 21.3. The number of aromatic hydroxyl groups is 9. The van der Waals surface area contributed by atoms with Gasteiger partial charge < -0.3 is 60.2 Å². The molecule has 6 aromatic rings. The van der Waals surface area contributed by atoms with E-state index in [2.05, 4.69) is 0 Å². The lowest BCUT2D eigenvalue weighted by atomic mass is 10.0. The summed E-state index contributed by atoms with van der Waals surface area (Å²) in [7, 11) is 4.38. The summed E-state index contributed by atoms with van der Waals surface area (Å²) in [4.78, 5) is 71.8. The van der Waals surface area contributed by atoms with Crippen molar-refractivity contribution in [3.05, 3.63) is 143 Å². The zero-order valence-corrected chi connectivity index (χ0v) is 43.7. The van der Waals surface area contributed by atoms with Crippen molar-refractivity contribution in [2.45, 2.75) is 96.3 Å². The first-order chi connectivity index (χ1) is 37.2. The van der Waals surface area contributed by atoms with Gasteiger partial charge >= 0.3 is 0 Å². The van der Waals surface area contributed by atoms with E-state index in [1.54, 1.807) is 54.6 Å². The highest BCUT2D eigenvalue weighted by atomic mass is 16.5. The molecule has 0 aromatic heterocycles. The Labute approximate surface area is 451 Å². The molecular formula is C60H66O18. The lowest BCUT2D eigenvalue weighted by Crippen LogP contribution is -2.09. The van der Waals surface area contributed by atoms with E-state index in [0.717, 1.165) is 22.3 Å². The lowest BCUT2D eigenvalue weighted by Gasteiger charge is -2.07. The summed E-state index contributed by atoms with van der Waals surface area (Å²) in [5, 5.41) is 84.7. The van der Waals surface area contributed by atoms with E-state index in [9.17, 15) is 74.7 Å². The molecule has 6 aromatic carbocycles. The largest absolute Gasteiger partial charge is 0.504 e. The Morgan fingerprint density at radius 3 is 0.628 bits per heavy atom. The monoisotopic (exact) mass is 1070 g/mol. The number of hydrogen-bond donors (Lipinski definition) is 9. The molecule has 0 spiro atoms. The van der Waals surface area contributed by atoms with Crippen LogP contribution < -0.4 is 14.2 Å². The smallest absolute Gasteiger partial charge is 0.160 e. The SMILES string of the molecule is COc1cc(CCC(=O)CC(=O)CCc2ccc(O)c(O)c2)ccc1O.COc1cc(CCC(=O)CC(=O)CCc2ccc(O)c(OC)c2)ccc1O.O=C(CCc1ccc(O)c(O)c1)CC(=O)CCc1ccc(O)c(O)c1. The van der Waals surface area contributed by atoms with Crippen LogP contribution in [0, 0.1) is 0 Å². The fraction of sp³-hybridized carbons (Fsp3) is 0.300. The van der Waals surface area contributed by atoms with Gasteiger partial charge in [0, 0.05) is 38.5 Å². The minimum Gasteiger partial charge on any atom is -0.504 e. The summed E-state index contributed by atoms with van der Waals surface area (Å²) >= 11 is 0. The number of aryl methyl sites for hydroxylation is 6. The topological polar surface area (TPSA) is 312 Å². The molecule has 0 aliphatic rings. The molecule has 0 atom stereocenters. The van der Waals surface area contributed by atoms with E-state index in [4.69, 9.17) is 14.2 Å². The Morgan fingerprint density at radius 1 is 0.269 bits per heavy atom. The van der Waals surface area contributed by atoms with E-state index in [0.29, 0.717) is 66.9 Å². The number of rotatable bonds is 27. The van der Waals surface area contributed by atoms with Crippen molar-refractivity contribution in [1.82, 2.24) is 0 Å². The molecule has 18 nitrogen and oxygen atoms in total. The van der Waals surface area contributed by atoms with Crippen LogP contribution in [0.15, 0.2) is 109 Å². The number of phenols is 9. The zero-order valence-electron chi connectivity index (χ0n) is 43.7. The molecule has 0 bridgehead atoms. The molecule has 0 aliphatic carbocycles. The van der Waals surface area contributed by atoms with Crippen molar-refractivity contribution in [1.29, 1.82) is 0 Å². The molecule has 0 saturated heterocycles. The zero-order chi connectivity index (χ0) is 57.3. The third-order valence-corrected chi connectivity index (χ3v) is 12.2. The van der Waals surface area contributed by atoms with Gasteiger partial charge in [0.2, 0.25) is 0 Å². The second-order valence-corrected chi connectivity index (χ2v) is 18.3. The Bertz CT molecular complexity index is 2900. The molecule has 0 saturated carbocycles. The second-order valence-electron chi connectivity index (χ2n) is 18.3. The van der Waals surface area contributed by atoms with Crippen molar-refractivity contribution in [3.63, 3.8) is 0 Å². The number of phenolic OH excluding ortho intramolecular Hbond substituents is 9. The molecule has 6 rings (SSSR count). The Balaban J connectivity index is 0.000000253. The third-order valence-electron chi connectivity index (χ3n) is 12.2. The van der Waals surface area contributed by atoms with E-state index >= 15 is 0 Å². The predicted molar refractivity (Wildman–Crippen MR) is 287 cm³/mol. The molecule has 0 amide bonds. The summed E-state index contributed by atoms with van der Waals surface area (Å²) in [6.07, 6.45) is 3.52. The van der Waals surface area contributed by atoms with E-state index in [-0.39, 0.29) is 144 Å². The predicted octanol–water partition coefficient (Wildman–Crippen LogP) is 8.72. The first-order valence-electron chi connectivity index (χ1n) is 24.9. The van der Waals surface area contributed by atoms with Crippen LogP contribution in [0.4, 0.5) is 0 Å². The molecule has 0 radical (unpaired) electrons. The van der Waals surface area contributed by atoms with Gasteiger partial charge in [-0.2, -0.15) is 0 Å². The summed E-state index contributed by atoms with van der Waals surface area (Å²) in [6, 6.07) is 27.9. The Hall–Kier alpha value is -9.06. The van der Waals surface area contributed by atoms with Gasteiger partial charge in [0.05, 0.1) is 40.6 Å². The molecule has 18 heteroatoms. The average molecular weight is 1080 g/mol. The highest BCUT2D eigenvalue weighted by molar-refractivity contribution is 6.00. The van der Waals surface area contributed by atoms with Gasteiger partial charge in [-0.25, -0.2) is 0 Å². The maximum Gasteiger partial charge on any atom is 0.160 e. The van der Waals surface area contributed by atoms with E-state index < -0.39 is 0 Å². The van der Waals surface area contributed by atoms with Gasteiger partial charge in [0.15, 0.2) is 69.0 Å². The number of ether oxygens (including phenoxy) is 3. The minimum atomic E-state index is -0.238. The molecular weight excluding hydrogens is 1010 g/mol. The van der Waals surface area contributed by atoms with Gasteiger partial charge in [0.25, 0.3) is 0 Å². The van der Waals surface area contributed by atoms with Gasteiger partial charge in [-0.1, -0.05) is 36.4 Å². The van der Waals surface area contributed by atoms with E-state index in [1.807, 2.05) is 0 Å². The molecule has 0 unspecified atom stereocenters. The fourth-order valence-electron chi connectivity index (χ4n) is 7.70. The van der Waals surface area contributed by atoms with Crippen molar-refractivity contribution in [2.24, 2.45) is 0 Å². The average Bonchev–Trinajstić information content (AvgIpc) is 3.41. The minimum absolute atomic E-state index is 0.0398. The summed E-state index contributed by atoms with van der Waals surface area (Å²) < 4.78 is 15.1. The van der Waals surface area contributed by atoms with Crippen LogP contribution in [-0.4, -0.2) is 102 Å². The number of benzene rings is 6. The number of carbonyl (C=O) groups is 6. The highest BCUT2D eigenvalue weighted by Gasteiger charge is 2.15. The summed E-state index contributed by atoms with van der Waals surface area (Å²) in [5.74, 6) is -1.04. The first-order valence-corrected chi connectivity index (χ1v) is 24.9. The molecule has 78 heavy (non-hydrogen) atoms. The van der Waals surface area contributed by atoms with Crippen molar-refractivity contribution in [3.8, 4) is 69.0 Å². The number of Topliss-reactive ketones (excluding diaryl/α,β-unsaturated/α-hetero) is 6. The highest BCUT2D eigenvalue weighted by Crippen LogP contribution is 2.31. The van der Waals surface area contributed by atoms with Crippen LogP contribution in [0.5, 0.6) is 69.0 Å².